The van der Waals surface area contributed by atoms with Gasteiger partial charge in [0, 0.05) is 10.7 Å². The van der Waals surface area contributed by atoms with Crippen LogP contribution in [0.2, 0.25) is 0 Å². The van der Waals surface area contributed by atoms with Gasteiger partial charge in [-0.25, -0.2) is 0 Å². The van der Waals surface area contributed by atoms with Gasteiger partial charge in [0.1, 0.15) is 12.3 Å². The van der Waals surface area contributed by atoms with Crippen molar-refractivity contribution < 1.29 is 19.4 Å². The summed E-state index contributed by atoms with van der Waals surface area (Å²) in [6.45, 7) is -0.412. The van der Waals surface area contributed by atoms with E-state index in [1.165, 1.54) is 17.1 Å². The topological polar surface area (TPSA) is 93.5 Å². The average molecular weight is 354 g/mol. The van der Waals surface area contributed by atoms with Crippen molar-refractivity contribution in [1.29, 1.82) is 0 Å². The van der Waals surface area contributed by atoms with Crippen molar-refractivity contribution in [3.8, 4) is 5.75 Å². The second kappa shape index (κ2) is 6.89. The normalized spacial score (nSPS) is 10.1. The third-order valence-corrected chi connectivity index (χ3v) is 2.87. The Labute approximate surface area is 128 Å². The standard InChI is InChI=1S/C13H12BrN3O4/c14-9-2-1-3-11(4-9)21-8-12(18)16-10-5-15-17(6-10)7-13(19)20/h1-6H,7-8H2,(H,16,18)(H,19,20). The molecule has 0 radical (unpaired) electrons. The van der Waals surface area contributed by atoms with Crippen molar-refractivity contribution in [2.45, 2.75) is 6.54 Å². The van der Waals surface area contributed by atoms with Gasteiger partial charge >= 0.3 is 5.97 Å². The lowest BCUT2D eigenvalue weighted by molar-refractivity contribution is -0.137. The molecule has 2 aromatic rings. The second-order valence-electron chi connectivity index (χ2n) is 4.11. The molecule has 0 aliphatic rings. The van der Waals surface area contributed by atoms with Crippen molar-refractivity contribution in [3.63, 3.8) is 0 Å². The first-order chi connectivity index (χ1) is 10.0. The van der Waals surface area contributed by atoms with Crippen molar-refractivity contribution in [2.75, 3.05) is 11.9 Å². The van der Waals surface area contributed by atoms with E-state index < -0.39 is 5.97 Å². The largest absolute Gasteiger partial charge is 0.484 e. The molecule has 0 spiro atoms. The zero-order valence-electron chi connectivity index (χ0n) is 10.8. The lowest BCUT2D eigenvalue weighted by atomic mass is 10.3. The summed E-state index contributed by atoms with van der Waals surface area (Å²) >= 11 is 3.31. The Kier molecular flexibility index (Phi) is 4.94. The molecule has 1 aromatic carbocycles. The number of nitrogens with zero attached hydrogens (tertiary/aromatic N) is 2. The Morgan fingerprint density at radius 2 is 2.24 bits per heavy atom. The molecular formula is C13H12BrN3O4. The fourth-order valence-corrected chi connectivity index (χ4v) is 1.93. The molecule has 0 aliphatic carbocycles. The molecule has 7 nitrogen and oxygen atoms in total. The van der Waals surface area contributed by atoms with Crippen LogP contribution in [-0.4, -0.2) is 33.4 Å². The molecule has 1 amide bonds. The fraction of sp³-hybridized carbons (Fsp3) is 0.154. The fourth-order valence-electron chi connectivity index (χ4n) is 1.56. The van der Waals surface area contributed by atoms with E-state index in [0.29, 0.717) is 11.4 Å². The third-order valence-electron chi connectivity index (χ3n) is 2.38. The maximum absolute atomic E-state index is 11.7. The Bertz CT molecular complexity index is 656. The summed E-state index contributed by atoms with van der Waals surface area (Å²) in [5.41, 5.74) is 0.416. The van der Waals surface area contributed by atoms with Gasteiger partial charge < -0.3 is 15.2 Å². The van der Waals surface area contributed by atoms with Gasteiger partial charge in [0.25, 0.3) is 5.91 Å². The van der Waals surface area contributed by atoms with Gasteiger partial charge in [-0.1, -0.05) is 22.0 Å². The molecule has 21 heavy (non-hydrogen) atoms. The van der Waals surface area contributed by atoms with Crippen LogP contribution in [0.25, 0.3) is 0 Å². The van der Waals surface area contributed by atoms with E-state index >= 15 is 0 Å². The van der Waals surface area contributed by atoms with Crippen LogP contribution in [0.3, 0.4) is 0 Å². The smallest absolute Gasteiger partial charge is 0.325 e. The van der Waals surface area contributed by atoms with E-state index in [4.69, 9.17) is 9.84 Å². The van der Waals surface area contributed by atoms with Gasteiger partial charge in [0.2, 0.25) is 0 Å². The molecule has 0 atom stereocenters. The lowest BCUT2D eigenvalue weighted by Gasteiger charge is -2.06. The highest BCUT2D eigenvalue weighted by Crippen LogP contribution is 2.17. The van der Waals surface area contributed by atoms with Gasteiger partial charge in [-0.05, 0) is 18.2 Å². The van der Waals surface area contributed by atoms with Crippen LogP contribution >= 0.6 is 15.9 Å². The summed E-state index contributed by atoms with van der Waals surface area (Å²) in [7, 11) is 0. The number of hydrogen-bond donors (Lipinski definition) is 2. The quantitative estimate of drug-likeness (QED) is 0.824. The molecule has 1 heterocycles. The Morgan fingerprint density at radius 3 is 2.95 bits per heavy atom. The minimum Gasteiger partial charge on any atom is -0.484 e. The van der Waals surface area contributed by atoms with Crippen molar-refractivity contribution in [2.24, 2.45) is 0 Å². The van der Waals surface area contributed by atoms with Gasteiger partial charge in [0.15, 0.2) is 6.61 Å². The average Bonchev–Trinajstić information content (AvgIpc) is 2.83. The minimum atomic E-state index is -1.01. The maximum atomic E-state index is 11.7. The number of anilines is 1. The number of carbonyl (C=O) groups is 2. The highest BCUT2D eigenvalue weighted by molar-refractivity contribution is 9.10. The first-order valence-electron chi connectivity index (χ1n) is 5.95. The van der Waals surface area contributed by atoms with Crippen molar-refractivity contribution in [3.05, 3.63) is 41.1 Å². The minimum absolute atomic E-state index is 0.152. The predicted octanol–water partition coefficient (Wildman–Crippen LogP) is 1.75. The number of ether oxygens (including phenoxy) is 1. The predicted molar refractivity (Wildman–Crippen MR) is 78.1 cm³/mol. The number of amides is 1. The number of halogens is 1. The lowest BCUT2D eigenvalue weighted by Crippen LogP contribution is -2.19. The molecule has 8 heteroatoms. The zero-order valence-corrected chi connectivity index (χ0v) is 12.4. The Morgan fingerprint density at radius 1 is 1.43 bits per heavy atom. The molecule has 0 bridgehead atoms. The molecular weight excluding hydrogens is 342 g/mol. The summed E-state index contributed by atoms with van der Waals surface area (Å²) in [5, 5.41) is 15.0. The zero-order chi connectivity index (χ0) is 15.2. The first-order valence-corrected chi connectivity index (χ1v) is 6.75. The van der Waals surface area contributed by atoms with Crippen LogP contribution in [0.1, 0.15) is 0 Å². The number of hydrogen-bond acceptors (Lipinski definition) is 4. The molecule has 0 saturated heterocycles. The molecule has 0 unspecified atom stereocenters. The van der Waals surface area contributed by atoms with E-state index in [2.05, 4.69) is 26.3 Å². The van der Waals surface area contributed by atoms with Gasteiger partial charge in [-0.3, -0.25) is 14.3 Å². The van der Waals surface area contributed by atoms with Crippen LogP contribution in [0.4, 0.5) is 5.69 Å². The number of benzene rings is 1. The van der Waals surface area contributed by atoms with Crippen LogP contribution < -0.4 is 10.1 Å². The molecule has 2 N–H and O–H groups in total. The monoisotopic (exact) mass is 353 g/mol. The van der Waals surface area contributed by atoms with Gasteiger partial charge in [-0.2, -0.15) is 5.10 Å². The van der Waals surface area contributed by atoms with Gasteiger partial charge in [0.05, 0.1) is 11.9 Å². The van der Waals surface area contributed by atoms with Gasteiger partial charge in [-0.15, -0.1) is 0 Å². The second-order valence-corrected chi connectivity index (χ2v) is 5.03. The van der Waals surface area contributed by atoms with E-state index in [1.807, 2.05) is 6.07 Å². The number of carboxylic acids is 1. The van der Waals surface area contributed by atoms with E-state index in [1.54, 1.807) is 18.2 Å². The molecule has 0 fully saturated rings. The number of carboxylic acid groups (broad SMARTS) is 1. The Balaban J connectivity index is 1.84. The first kappa shape index (κ1) is 15.0. The molecule has 1 aromatic heterocycles. The summed E-state index contributed by atoms with van der Waals surface area (Å²) in [4.78, 5) is 22.2. The summed E-state index contributed by atoms with van der Waals surface area (Å²) in [5.74, 6) is -0.792. The third kappa shape index (κ3) is 4.92. The molecule has 0 aliphatic heterocycles. The van der Waals surface area contributed by atoms with E-state index in [0.717, 1.165) is 4.47 Å². The summed E-state index contributed by atoms with van der Waals surface area (Å²) in [6.07, 6.45) is 2.81. The van der Waals surface area contributed by atoms with Crippen molar-refractivity contribution >= 4 is 33.5 Å². The summed E-state index contributed by atoms with van der Waals surface area (Å²) in [6, 6.07) is 7.14. The van der Waals surface area contributed by atoms with E-state index in [-0.39, 0.29) is 19.1 Å². The molecule has 2 rings (SSSR count). The SMILES string of the molecule is O=C(O)Cn1cc(NC(=O)COc2cccc(Br)c2)cn1. The number of rotatable bonds is 6. The maximum Gasteiger partial charge on any atom is 0.325 e. The molecule has 110 valence electrons. The van der Waals surface area contributed by atoms with Crippen LogP contribution in [-0.2, 0) is 16.1 Å². The number of carbonyl (C=O) groups excluding carboxylic acids is 1. The van der Waals surface area contributed by atoms with E-state index in [9.17, 15) is 9.59 Å². The highest BCUT2D eigenvalue weighted by atomic mass is 79.9. The number of aliphatic carboxylic acids is 1. The van der Waals surface area contributed by atoms with Crippen LogP contribution in [0, 0.1) is 0 Å². The Hall–Kier alpha value is -2.35. The highest BCUT2D eigenvalue weighted by Gasteiger charge is 2.07. The summed E-state index contributed by atoms with van der Waals surface area (Å²) < 4.78 is 7.40. The molecule has 0 saturated carbocycles. The number of aromatic nitrogens is 2. The van der Waals surface area contributed by atoms with Crippen LogP contribution in [0.5, 0.6) is 5.75 Å². The van der Waals surface area contributed by atoms with Crippen LogP contribution in [0.15, 0.2) is 41.1 Å². The number of nitrogens with one attached hydrogen (secondary N) is 1. The van der Waals surface area contributed by atoms with Crippen molar-refractivity contribution in [1.82, 2.24) is 9.78 Å².